The molecular formula is C17H19N5O. The largest absolute Gasteiger partial charge is 0.341 e. The number of imidazole rings is 1. The van der Waals surface area contributed by atoms with E-state index in [1.165, 1.54) is 0 Å². The molecule has 0 aliphatic carbocycles. The minimum Gasteiger partial charge on any atom is -0.341 e. The van der Waals surface area contributed by atoms with E-state index in [0.29, 0.717) is 19.0 Å². The number of amides is 1. The summed E-state index contributed by atoms with van der Waals surface area (Å²) in [5.41, 5.74) is 2.72. The molecule has 0 saturated carbocycles. The second kappa shape index (κ2) is 6.61. The van der Waals surface area contributed by atoms with Crippen LogP contribution in [0.1, 0.15) is 37.1 Å². The van der Waals surface area contributed by atoms with Crippen LogP contribution in [0.4, 0.5) is 0 Å². The molecule has 1 amide bonds. The second-order valence-corrected chi connectivity index (χ2v) is 5.69. The molecule has 1 aliphatic rings. The Hall–Kier alpha value is -2.68. The van der Waals surface area contributed by atoms with Crippen molar-refractivity contribution < 1.29 is 4.79 Å². The maximum atomic E-state index is 11.8. The highest BCUT2D eigenvalue weighted by molar-refractivity contribution is 5.93. The number of carbonyl (C=O) groups excluding carboxylic acids is 1. The fourth-order valence-corrected chi connectivity index (χ4v) is 2.80. The van der Waals surface area contributed by atoms with Gasteiger partial charge in [0.15, 0.2) is 5.82 Å². The predicted molar refractivity (Wildman–Crippen MR) is 86.4 cm³/mol. The van der Waals surface area contributed by atoms with Crippen LogP contribution in [-0.4, -0.2) is 43.8 Å². The van der Waals surface area contributed by atoms with Gasteiger partial charge >= 0.3 is 0 Å². The minimum atomic E-state index is -0.0863. The van der Waals surface area contributed by atoms with Crippen LogP contribution in [0.2, 0.25) is 0 Å². The summed E-state index contributed by atoms with van der Waals surface area (Å²) >= 11 is 0. The summed E-state index contributed by atoms with van der Waals surface area (Å²) in [6.07, 6.45) is 7.08. The first-order valence-electron chi connectivity index (χ1n) is 7.73. The lowest BCUT2D eigenvalue weighted by Crippen LogP contribution is -2.37. The van der Waals surface area contributed by atoms with E-state index in [0.717, 1.165) is 35.7 Å². The SMILES string of the molecule is CC#CC(=O)N1CCC(c2cncc(-c3ncc(C)[nH]3)n2)CC1. The molecule has 1 N–H and O–H groups in total. The van der Waals surface area contributed by atoms with Gasteiger partial charge in [0.1, 0.15) is 5.69 Å². The number of nitrogens with zero attached hydrogens (tertiary/aromatic N) is 4. The van der Waals surface area contributed by atoms with Crippen LogP contribution >= 0.6 is 0 Å². The Balaban J connectivity index is 1.71. The highest BCUT2D eigenvalue weighted by Crippen LogP contribution is 2.27. The Labute approximate surface area is 135 Å². The molecule has 0 radical (unpaired) electrons. The van der Waals surface area contributed by atoms with Crippen molar-refractivity contribution in [2.75, 3.05) is 13.1 Å². The molecule has 3 rings (SSSR count). The van der Waals surface area contributed by atoms with Crippen LogP contribution in [0.25, 0.3) is 11.5 Å². The number of hydrogen-bond donors (Lipinski definition) is 1. The first kappa shape index (κ1) is 15.2. The maximum absolute atomic E-state index is 11.8. The van der Waals surface area contributed by atoms with Gasteiger partial charge in [-0.2, -0.15) is 0 Å². The van der Waals surface area contributed by atoms with Crippen LogP contribution in [0.3, 0.4) is 0 Å². The molecule has 2 aromatic rings. The van der Waals surface area contributed by atoms with E-state index >= 15 is 0 Å². The Bertz CT molecular complexity index is 763. The third-order valence-corrected chi connectivity index (χ3v) is 4.03. The van der Waals surface area contributed by atoms with Gasteiger partial charge in [0.25, 0.3) is 5.91 Å². The summed E-state index contributed by atoms with van der Waals surface area (Å²) in [5.74, 6) is 6.23. The van der Waals surface area contributed by atoms with Gasteiger partial charge in [0.2, 0.25) is 0 Å². The molecule has 0 aromatic carbocycles. The van der Waals surface area contributed by atoms with E-state index in [-0.39, 0.29) is 5.91 Å². The molecule has 6 nitrogen and oxygen atoms in total. The number of aryl methyl sites for hydroxylation is 1. The number of piperidine rings is 1. The summed E-state index contributed by atoms with van der Waals surface area (Å²) in [4.78, 5) is 30.1. The van der Waals surface area contributed by atoms with Gasteiger partial charge in [-0.3, -0.25) is 9.78 Å². The Kier molecular flexibility index (Phi) is 4.38. The van der Waals surface area contributed by atoms with Gasteiger partial charge in [0, 0.05) is 37.1 Å². The van der Waals surface area contributed by atoms with Crippen molar-refractivity contribution in [3.05, 3.63) is 30.0 Å². The van der Waals surface area contributed by atoms with E-state index in [9.17, 15) is 4.79 Å². The lowest BCUT2D eigenvalue weighted by atomic mass is 9.93. The molecule has 6 heteroatoms. The number of hydrogen-bond acceptors (Lipinski definition) is 4. The van der Waals surface area contributed by atoms with Gasteiger partial charge in [-0.15, -0.1) is 0 Å². The molecule has 1 aliphatic heterocycles. The Morgan fingerprint density at radius 1 is 1.30 bits per heavy atom. The van der Waals surface area contributed by atoms with Crippen molar-refractivity contribution in [3.8, 4) is 23.4 Å². The predicted octanol–water partition coefficient (Wildman–Crippen LogP) is 1.90. The fourth-order valence-electron chi connectivity index (χ4n) is 2.80. The molecule has 0 atom stereocenters. The monoisotopic (exact) mass is 309 g/mol. The van der Waals surface area contributed by atoms with Crippen LogP contribution < -0.4 is 0 Å². The first-order chi connectivity index (χ1) is 11.2. The molecule has 118 valence electrons. The van der Waals surface area contributed by atoms with Gasteiger partial charge < -0.3 is 9.88 Å². The highest BCUT2D eigenvalue weighted by atomic mass is 16.2. The maximum Gasteiger partial charge on any atom is 0.298 e. The van der Waals surface area contributed by atoms with Crippen LogP contribution in [0.5, 0.6) is 0 Å². The highest BCUT2D eigenvalue weighted by Gasteiger charge is 2.24. The van der Waals surface area contributed by atoms with Crippen molar-refractivity contribution in [1.82, 2.24) is 24.8 Å². The molecule has 0 spiro atoms. The van der Waals surface area contributed by atoms with Crippen molar-refractivity contribution in [3.63, 3.8) is 0 Å². The van der Waals surface area contributed by atoms with E-state index in [2.05, 4.69) is 26.8 Å². The lowest BCUT2D eigenvalue weighted by Gasteiger charge is -2.30. The number of aromatic nitrogens is 4. The molecule has 23 heavy (non-hydrogen) atoms. The molecular weight excluding hydrogens is 290 g/mol. The quantitative estimate of drug-likeness (QED) is 0.860. The number of aromatic amines is 1. The van der Waals surface area contributed by atoms with E-state index in [4.69, 9.17) is 4.98 Å². The van der Waals surface area contributed by atoms with Crippen LogP contribution in [0.15, 0.2) is 18.6 Å². The molecule has 0 unspecified atom stereocenters. The zero-order valence-corrected chi connectivity index (χ0v) is 13.3. The Morgan fingerprint density at radius 3 is 2.74 bits per heavy atom. The minimum absolute atomic E-state index is 0.0863. The van der Waals surface area contributed by atoms with Crippen LogP contribution in [-0.2, 0) is 4.79 Å². The zero-order chi connectivity index (χ0) is 16.2. The molecule has 1 saturated heterocycles. The summed E-state index contributed by atoms with van der Waals surface area (Å²) in [6, 6.07) is 0. The number of likely N-dealkylation sites (tertiary alicyclic amines) is 1. The van der Waals surface area contributed by atoms with Gasteiger partial charge in [0.05, 0.1) is 11.9 Å². The molecule has 0 bridgehead atoms. The third kappa shape index (κ3) is 3.39. The van der Waals surface area contributed by atoms with E-state index < -0.39 is 0 Å². The summed E-state index contributed by atoms with van der Waals surface area (Å²) < 4.78 is 0. The number of carbonyl (C=O) groups is 1. The topological polar surface area (TPSA) is 74.8 Å². The molecule has 2 aromatic heterocycles. The zero-order valence-electron chi connectivity index (χ0n) is 13.3. The number of nitrogens with one attached hydrogen (secondary N) is 1. The second-order valence-electron chi connectivity index (χ2n) is 5.69. The fraction of sp³-hybridized carbons (Fsp3) is 0.412. The molecule has 1 fully saturated rings. The number of rotatable bonds is 2. The van der Waals surface area contributed by atoms with Crippen LogP contribution in [0, 0.1) is 18.8 Å². The summed E-state index contributed by atoms with van der Waals surface area (Å²) in [6.45, 7) is 5.07. The van der Waals surface area contributed by atoms with E-state index in [1.807, 2.05) is 13.1 Å². The number of H-pyrrole nitrogens is 1. The van der Waals surface area contributed by atoms with Gasteiger partial charge in [-0.1, -0.05) is 5.92 Å². The van der Waals surface area contributed by atoms with Gasteiger partial charge in [-0.05, 0) is 32.6 Å². The smallest absolute Gasteiger partial charge is 0.298 e. The lowest BCUT2D eigenvalue weighted by molar-refractivity contribution is -0.126. The molecule has 3 heterocycles. The summed E-state index contributed by atoms with van der Waals surface area (Å²) in [7, 11) is 0. The van der Waals surface area contributed by atoms with Crippen molar-refractivity contribution in [1.29, 1.82) is 0 Å². The van der Waals surface area contributed by atoms with Crippen molar-refractivity contribution in [2.45, 2.75) is 32.6 Å². The Morgan fingerprint density at radius 2 is 2.09 bits per heavy atom. The van der Waals surface area contributed by atoms with Crippen molar-refractivity contribution >= 4 is 5.91 Å². The summed E-state index contributed by atoms with van der Waals surface area (Å²) in [5, 5.41) is 0. The average molecular weight is 309 g/mol. The third-order valence-electron chi connectivity index (χ3n) is 4.03. The van der Waals surface area contributed by atoms with Gasteiger partial charge in [-0.25, -0.2) is 9.97 Å². The first-order valence-corrected chi connectivity index (χ1v) is 7.73. The normalized spacial score (nSPS) is 15.1. The average Bonchev–Trinajstić information content (AvgIpc) is 3.02. The standard InChI is InChI=1S/C17H19N5O/c1-3-4-16(23)22-7-5-13(6-8-22)14-10-18-11-15(21-14)17-19-9-12(2)20-17/h9-11,13H,5-8H2,1-2H3,(H,19,20). The van der Waals surface area contributed by atoms with E-state index in [1.54, 1.807) is 24.2 Å². The van der Waals surface area contributed by atoms with Crippen molar-refractivity contribution in [2.24, 2.45) is 0 Å².